The van der Waals surface area contributed by atoms with Gasteiger partial charge in [-0.05, 0) is 37.6 Å². The summed E-state index contributed by atoms with van der Waals surface area (Å²) in [6, 6.07) is 5.76. The van der Waals surface area contributed by atoms with Crippen LogP contribution in [-0.2, 0) is 0 Å². The minimum absolute atomic E-state index is 0.127. The minimum Gasteiger partial charge on any atom is -0.398 e. The van der Waals surface area contributed by atoms with Crippen molar-refractivity contribution in [2.45, 2.75) is 13.8 Å². The third kappa shape index (κ3) is 3.64. The third-order valence-electron chi connectivity index (χ3n) is 1.97. The first kappa shape index (κ1) is 11.6. The van der Waals surface area contributed by atoms with Gasteiger partial charge in [-0.25, -0.2) is 0 Å². The average molecular weight is 206 g/mol. The van der Waals surface area contributed by atoms with Crippen LogP contribution in [0.25, 0.3) is 6.08 Å². The van der Waals surface area contributed by atoms with Crippen LogP contribution >= 0.6 is 0 Å². The molecule has 0 aliphatic heterocycles. The molecule has 4 N–H and O–H groups in total. The second-order valence-corrected chi connectivity index (χ2v) is 3.72. The number of aliphatic hydroxyl groups excluding tert-OH is 1. The van der Waals surface area contributed by atoms with Crippen molar-refractivity contribution in [3.8, 4) is 0 Å². The van der Waals surface area contributed by atoms with Crippen LogP contribution in [0.1, 0.15) is 19.4 Å². The first-order valence-electron chi connectivity index (χ1n) is 5.02. The number of aliphatic hydroxyl groups is 1. The maximum atomic E-state index is 8.70. The molecule has 0 saturated carbocycles. The number of nitrogens with two attached hydrogens (primary N) is 1. The number of allylic oxidation sites excluding steroid dienone is 1. The Balaban J connectivity index is 2.90. The van der Waals surface area contributed by atoms with Gasteiger partial charge in [0.15, 0.2) is 0 Å². The molecule has 0 unspecified atom stereocenters. The van der Waals surface area contributed by atoms with Gasteiger partial charge in [-0.15, -0.1) is 0 Å². The first-order chi connectivity index (χ1) is 7.13. The Morgan fingerprint density at radius 1 is 1.47 bits per heavy atom. The maximum Gasteiger partial charge on any atom is 0.0604 e. The lowest BCUT2D eigenvalue weighted by Gasteiger charge is -2.07. The summed E-state index contributed by atoms with van der Waals surface area (Å²) < 4.78 is 0. The van der Waals surface area contributed by atoms with E-state index < -0.39 is 0 Å². The van der Waals surface area contributed by atoms with Gasteiger partial charge in [0.2, 0.25) is 0 Å². The quantitative estimate of drug-likeness (QED) is 0.661. The second kappa shape index (κ2) is 5.41. The molecule has 0 aliphatic rings. The van der Waals surface area contributed by atoms with Gasteiger partial charge in [-0.3, -0.25) is 0 Å². The summed E-state index contributed by atoms with van der Waals surface area (Å²) in [6.45, 7) is 4.75. The van der Waals surface area contributed by atoms with Crippen LogP contribution in [0.4, 0.5) is 11.4 Å². The molecule has 0 radical (unpaired) electrons. The summed E-state index contributed by atoms with van der Waals surface area (Å²) in [7, 11) is 0. The van der Waals surface area contributed by atoms with Gasteiger partial charge >= 0.3 is 0 Å². The third-order valence-corrected chi connectivity index (χ3v) is 1.97. The normalized spacial score (nSPS) is 9.80. The van der Waals surface area contributed by atoms with Gasteiger partial charge in [0.05, 0.1) is 6.61 Å². The van der Waals surface area contributed by atoms with E-state index in [1.165, 1.54) is 5.57 Å². The first-order valence-corrected chi connectivity index (χ1v) is 5.02. The molecule has 0 aromatic heterocycles. The summed E-state index contributed by atoms with van der Waals surface area (Å²) in [5.41, 5.74) is 9.81. The number of nitrogens with one attached hydrogen (secondary N) is 1. The Bertz CT molecular complexity index is 355. The zero-order valence-electron chi connectivity index (χ0n) is 9.25. The topological polar surface area (TPSA) is 58.3 Å². The Morgan fingerprint density at radius 3 is 2.80 bits per heavy atom. The molecule has 1 rings (SSSR count). The zero-order chi connectivity index (χ0) is 11.3. The number of benzene rings is 1. The molecule has 1 aromatic rings. The van der Waals surface area contributed by atoms with Gasteiger partial charge in [0.25, 0.3) is 0 Å². The Hall–Kier alpha value is -1.48. The fourth-order valence-electron chi connectivity index (χ4n) is 1.32. The van der Waals surface area contributed by atoms with Crippen molar-refractivity contribution >= 4 is 17.5 Å². The Kier molecular flexibility index (Phi) is 4.18. The van der Waals surface area contributed by atoms with Crippen LogP contribution in [0.3, 0.4) is 0 Å². The van der Waals surface area contributed by atoms with Crippen LogP contribution in [0, 0.1) is 0 Å². The smallest absolute Gasteiger partial charge is 0.0604 e. The largest absolute Gasteiger partial charge is 0.398 e. The van der Waals surface area contributed by atoms with Crippen LogP contribution < -0.4 is 11.1 Å². The Morgan fingerprint density at radius 2 is 2.20 bits per heavy atom. The fraction of sp³-hybridized carbons (Fsp3) is 0.333. The summed E-state index contributed by atoms with van der Waals surface area (Å²) in [4.78, 5) is 0. The highest BCUT2D eigenvalue weighted by atomic mass is 16.3. The maximum absolute atomic E-state index is 8.70. The molecule has 0 fully saturated rings. The van der Waals surface area contributed by atoms with E-state index in [-0.39, 0.29) is 6.61 Å². The predicted octanol–water partition coefficient (Wildman–Crippen LogP) is 2.10. The van der Waals surface area contributed by atoms with E-state index in [4.69, 9.17) is 10.8 Å². The molecule has 0 spiro atoms. The van der Waals surface area contributed by atoms with Crippen molar-refractivity contribution in [3.05, 3.63) is 29.3 Å². The van der Waals surface area contributed by atoms with Crippen molar-refractivity contribution in [2.75, 3.05) is 24.2 Å². The molecule has 0 saturated heterocycles. The van der Waals surface area contributed by atoms with E-state index in [1.54, 1.807) is 0 Å². The van der Waals surface area contributed by atoms with Gasteiger partial charge in [-0.2, -0.15) is 0 Å². The van der Waals surface area contributed by atoms with Gasteiger partial charge < -0.3 is 16.2 Å². The standard InChI is InChI=1S/C12H18N2O/c1-9(2)7-10-8-11(14-5-6-15)3-4-12(10)13/h3-4,7-8,14-15H,5-6,13H2,1-2H3. The number of rotatable bonds is 4. The van der Waals surface area contributed by atoms with Crippen molar-refractivity contribution in [3.63, 3.8) is 0 Å². The minimum atomic E-state index is 0.127. The molecule has 3 nitrogen and oxygen atoms in total. The SMILES string of the molecule is CC(C)=Cc1cc(NCCO)ccc1N. The van der Waals surface area contributed by atoms with Crippen LogP contribution in [0.5, 0.6) is 0 Å². The van der Waals surface area contributed by atoms with Crippen molar-refractivity contribution < 1.29 is 5.11 Å². The van der Waals surface area contributed by atoms with Crippen molar-refractivity contribution in [1.29, 1.82) is 0 Å². The van der Waals surface area contributed by atoms with E-state index in [9.17, 15) is 0 Å². The lowest BCUT2D eigenvalue weighted by atomic mass is 10.1. The summed E-state index contributed by atoms with van der Waals surface area (Å²) >= 11 is 0. The number of anilines is 2. The van der Waals surface area contributed by atoms with Gasteiger partial charge in [-0.1, -0.05) is 11.6 Å². The number of nitrogen functional groups attached to an aromatic ring is 1. The number of hydrogen-bond donors (Lipinski definition) is 3. The summed E-state index contributed by atoms with van der Waals surface area (Å²) in [5.74, 6) is 0. The van der Waals surface area contributed by atoms with Crippen LogP contribution in [0.2, 0.25) is 0 Å². The molecule has 0 amide bonds. The summed E-state index contributed by atoms with van der Waals surface area (Å²) in [6.07, 6.45) is 2.04. The van der Waals surface area contributed by atoms with Crippen LogP contribution in [-0.4, -0.2) is 18.3 Å². The second-order valence-electron chi connectivity index (χ2n) is 3.72. The molecule has 0 atom stereocenters. The molecule has 0 bridgehead atoms. The molecule has 1 aromatic carbocycles. The highest BCUT2D eigenvalue weighted by molar-refractivity contribution is 5.70. The molecule has 0 heterocycles. The molecule has 82 valence electrons. The number of hydrogen-bond acceptors (Lipinski definition) is 3. The molecular formula is C12H18N2O. The predicted molar refractivity (Wildman–Crippen MR) is 65.8 cm³/mol. The van der Waals surface area contributed by atoms with E-state index in [0.29, 0.717) is 6.54 Å². The average Bonchev–Trinajstić information content (AvgIpc) is 2.18. The van der Waals surface area contributed by atoms with Crippen molar-refractivity contribution in [1.82, 2.24) is 0 Å². The molecule has 3 heteroatoms. The lowest BCUT2D eigenvalue weighted by Crippen LogP contribution is -2.05. The fourth-order valence-corrected chi connectivity index (χ4v) is 1.32. The van der Waals surface area contributed by atoms with Crippen molar-refractivity contribution in [2.24, 2.45) is 0 Å². The molecule has 0 aliphatic carbocycles. The van der Waals surface area contributed by atoms with E-state index in [2.05, 4.69) is 5.32 Å². The summed E-state index contributed by atoms with van der Waals surface area (Å²) in [5, 5.41) is 11.8. The lowest BCUT2D eigenvalue weighted by molar-refractivity contribution is 0.311. The molecule has 15 heavy (non-hydrogen) atoms. The highest BCUT2D eigenvalue weighted by Crippen LogP contribution is 2.20. The highest BCUT2D eigenvalue weighted by Gasteiger charge is 1.98. The van der Waals surface area contributed by atoms with Gasteiger partial charge in [0, 0.05) is 17.9 Å². The van der Waals surface area contributed by atoms with Crippen LogP contribution in [0.15, 0.2) is 23.8 Å². The van der Waals surface area contributed by atoms with E-state index in [0.717, 1.165) is 16.9 Å². The zero-order valence-corrected chi connectivity index (χ0v) is 9.25. The monoisotopic (exact) mass is 206 g/mol. The van der Waals surface area contributed by atoms with Gasteiger partial charge in [0.1, 0.15) is 0 Å². The van der Waals surface area contributed by atoms with E-state index >= 15 is 0 Å². The molecular weight excluding hydrogens is 188 g/mol. The Labute approximate surface area is 90.6 Å². The van der Waals surface area contributed by atoms with E-state index in [1.807, 2.05) is 38.1 Å².